The summed E-state index contributed by atoms with van der Waals surface area (Å²) in [4.78, 5) is 0. The Morgan fingerprint density at radius 1 is 1.22 bits per heavy atom. The van der Waals surface area contributed by atoms with Gasteiger partial charge in [0.15, 0.2) is 0 Å². The molecule has 104 valence electrons. The maximum Gasteiger partial charge on any atom is 0.417 e. The normalized spacial score (nSPS) is 10.8. The number of halogens is 4. The predicted octanol–water partition coefficient (Wildman–Crippen LogP) is 4.88. The van der Waals surface area contributed by atoms with Crippen molar-refractivity contribution in [2.24, 2.45) is 0 Å². The van der Waals surface area contributed by atoms with Crippen LogP contribution in [0.25, 0.3) is 0 Å². The summed E-state index contributed by atoms with van der Waals surface area (Å²) in [5, 5.41) is 2.78. The van der Waals surface area contributed by atoms with Crippen molar-refractivity contribution >= 4 is 11.6 Å². The number of hydrogen-bond donors (Lipinski definition) is 1. The summed E-state index contributed by atoms with van der Waals surface area (Å²) >= 11 is 5.50. The van der Waals surface area contributed by atoms with Gasteiger partial charge in [-0.2, -0.15) is 13.2 Å². The van der Waals surface area contributed by atoms with Crippen LogP contribution in [-0.4, -0.2) is 6.54 Å². The fraction of sp³-hybridized carbons (Fsp3) is 0.538. The van der Waals surface area contributed by atoms with Gasteiger partial charge in [-0.3, -0.25) is 0 Å². The molecule has 18 heavy (non-hydrogen) atoms. The van der Waals surface area contributed by atoms with Gasteiger partial charge in [-0.15, -0.1) is 0 Å². The molecule has 0 amide bonds. The van der Waals surface area contributed by atoms with E-state index >= 15 is 0 Å². The second-order valence-electron chi connectivity index (χ2n) is 3.49. The zero-order valence-electron chi connectivity index (χ0n) is 10.9. The summed E-state index contributed by atoms with van der Waals surface area (Å²) in [7, 11) is 0. The lowest BCUT2D eigenvalue weighted by molar-refractivity contribution is -0.137. The standard InChI is InChI=1S/C11H13ClF3N.C2H6/c1-2-5-16-7-8-3-4-10(12)9(6-8)11(13,14)15;1-2/h3-4,6,16H,2,5,7H2,1H3;1-2H3. The van der Waals surface area contributed by atoms with Crippen molar-refractivity contribution in [3.05, 3.63) is 34.3 Å². The first kappa shape index (κ1) is 17.3. The number of nitrogens with one attached hydrogen (secondary N) is 1. The van der Waals surface area contributed by atoms with Crippen molar-refractivity contribution in [1.82, 2.24) is 5.32 Å². The first-order valence-electron chi connectivity index (χ1n) is 6.01. The summed E-state index contributed by atoms with van der Waals surface area (Å²) in [6.07, 6.45) is -3.45. The van der Waals surface area contributed by atoms with E-state index < -0.39 is 11.7 Å². The Morgan fingerprint density at radius 3 is 2.33 bits per heavy atom. The van der Waals surface area contributed by atoms with E-state index in [2.05, 4.69) is 5.32 Å². The van der Waals surface area contributed by atoms with Gasteiger partial charge in [0.05, 0.1) is 10.6 Å². The summed E-state index contributed by atoms with van der Waals surface area (Å²) in [6, 6.07) is 3.97. The van der Waals surface area contributed by atoms with Crippen molar-refractivity contribution in [2.45, 2.75) is 39.9 Å². The molecule has 0 atom stereocenters. The van der Waals surface area contributed by atoms with Gasteiger partial charge in [-0.05, 0) is 30.7 Å². The fourth-order valence-corrected chi connectivity index (χ4v) is 1.53. The molecule has 0 aliphatic rings. The van der Waals surface area contributed by atoms with Crippen LogP contribution in [0, 0.1) is 0 Å². The molecule has 0 aliphatic carbocycles. The van der Waals surface area contributed by atoms with Crippen LogP contribution < -0.4 is 5.32 Å². The van der Waals surface area contributed by atoms with Crippen LogP contribution in [0.15, 0.2) is 18.2 Å². The van der Waals surface area contributed by atoms with Crippen molar-refractivity contribution in [1.29, 1.82) is 0 Å². The molecule has 1 N–H and O–H groups in total. The summed E-state index contributed by atoms with van der Waals surface area (Å²) in [6.45, 7) is 7.20. The van der Waals surface area contributed by atoms with Crippen LogP contribution in [0.1, 0.15) is 38.3 Å². The second kappa shape index (κ2) is 8.38. The third kappa shape index (κ3) is 5.74. The summed E-state index contributed by atoms with van der Waals surface area (Å²) < 4.78 is 37.5. The minimum absolute atomic E-state index is 0.258. The average molecular weight is 282 g/mol. The zero-order chi connectivity index (χ0) is 14.2. The molecule has 0 heterocycles. The highest BCUT2D eigenvalue weighted by Crippen LogP contribution is 2.35. The predicted molar refractivity (Wildman–Crippen MR) is 69.8 cm³/mol. The van der Waals surface area contributed by atoms with Crippen molar-refractivity contribution in [3.63, 3.8) is 0 Å². The van der Waals surface area contributed by atoms with Crippen molar-refractivity contribution in [2.75, 3.05) is 6.54 Å². The molecule has 0 spiro atoms. The fourth-order valence-electron chi connectivity index (χ4n) is 1.31. The maximum atomic E-state index is 12.5. The molecule has 0 aliphatic heterocycles. The maximum absolute atomic E-state index is 12.5. The lowest BCUT2D eigenvalue weighted by Gasteiger charge is -2.11. The van der Waals surface area contributed by atoms with Crippen molar-refractivity contribution in [3.8, 4) is 0 Å². The lowest BCUT2D eigenvalue weighted by atomic mass is 10.1. The Kier molecular flexibility index (Phi) is 8.03. The van der Waals surface area contributed by atoms with Gasteiger partial charge >= 0.3 is 6.18 Å². The van der Waals surface area contributed by atoms with E-state index in [1.54, 1.807) is 6.07 Å². The number of hydrogen-bond acceptors (Lipinski definition) is 1. The molecule has 1 nitrogen and oxygen atoms in total. The van der Waals surface area contributed by atoms with Crippen molar-refractivity contribution < 1.29 is 13.2 Å². The monoisotopic (exact) mass is 281 g/mol. The molecule has 0 saturated heterocycles. The molecule has 0 saturated carbocycles. The number of alkyl halides is 3. The van der Waals surface area contributed by atoms with Gasteiger partial charge in [0, 0.05) is 6.54 Å². The van der Waals surface area contributed by atoms with E-state index in [1.165, 1.54) is 6.07 Å². The van der Waals surface area contributed by atoms with E-state index in [0.717, 1.165) is 19.0 Å². The van der Waals surface area contributed by atoms with Crippen LogP contribution in [0.2, 0.25) is 5.02 Å². The van der Waals surface area contributed by atoms with Gasteiger partial charge in [-0.1, -0.05) is 38.4 Å². The first-order chi connectivity index (χ1) is 8.45. The van der Waals surface area contributed by atoms with Crippen LogP contribution in [0.4, 0.5) is 13.2 Å². The zero-order valence-corrected chi connectivity index (χ0v) is 11.6. The Balaban J connectivity index is 0.00000137. The molecule has 0 unspecified atom stereocenters. The first-order valence-corrected chi connectivity index (χ1v) is 6.39. The molecule has 0 aromatic heterocycles. The summed E-state index contributed by atoms with van der Waals surface area (Å²) in [5.74, 6) is 0. The molecule has 1 rings (SSSR count). The van der Waals surface area contributed by atoms with E-state index in [1.807, 2.05) is 20.8 Å². The van der Waals surface area contributed by atoms with E-state index in [0.29, 0.717) is 12.1 Å². The SMILES string of the molecule is CC.CCCNCc1ccc(Cl)c(C(F)(F)F)c1. The molecule has 1 aromatic carbocycles. The average Bonchev–Trinajstić information content (AvgIpc) is 2.33. The Labute approximate surface area is 111 Å². The lowest BCUT2D eigenvalue weighted by Crippen LogP contribution is -2.15. The Hall–Kier alpha value is -0.740. The van der Waals surface area contributed by atoms with Gasteiger partial charge in [-0.25, -0.2) is 0 Å². The molecule has 1 aromatic rings. The number of rotatable bonds is 4. The molecule has 0 bridgehead atoms. The topological polar surface area (TPSA) is 12.0 Å². The van der Waals surface area contributed by atoms with Crippen LogP contribution in [0.5, 0.6) is 0 Å². The van der Waals surface area contributed by atoms with Crippen LogP contribution in [-0.2, 0) is 12.7 Å². The van der Waals surface area contributed by atoms with Gasteiger partial charge in [0.1, 0.15) is 0 Å². The molecular formula is C13H19ClF3N. The van der Waals surface area contributed by atoms with E-state index in [-0.39, 0.29) is 5.02 Å². The summed E-state index contributed by atoms with van der Waals surface area (Å²) in [5.41, 5.74) is -0.185. The van der Waals surface area contributed by atoms with E-state index in [9.17, 15) is 13.2 Å². The van der Waals surface area contributed by atoms with Crippen LogP contribution >= 0.6 is 11.6 Å². The highest BCUT2D eigenvalue weighted by molar-refractivity contribution is 6.31. The Bertz CT molecular complexity index is 351. The minimum atomic E-state index is -4.39. The molecule has 5 heteroatoms. The van der Waals surface area contributed by atoms with Gasteiger partial charge in [0.2, 0.25) is 0 Å². The smallest absolute Gasteiger partial charge is 0.313 e. The minimum Gasteiger partial charge on any atom is -0.313 e. The third-order valence-electron chi connectivity index (χ3n) is 2.09. The van der Waals surface area contributed by atoms with Gasteiger partial charge < -0.3 is 5.32 Å². The van der Waals surface area contributed by atoms with E-state index in [4.69, 9.17) is 11.6 Å². The highest BCUT2D eigenvalue weighted by atomic mass is 35.5. The molecule has 0 fully saturated rings. The molecular weight excluding hydrogens is 263 g/mol. The Morgan fingerprint density at radius 2 is 1.83 bits per heavy atom. The highest BCUT2D eigenvalue weighted by Gasteiger charge is 2.33. The van der Waals surface area contributed by atoms with Gasteiger partial charge in [0.25, 0.3) is 0 Å². The quantitative estimate of drug-likeness (QED) is 0.775. The largest absolute Gasteiger partial charge is 0.417 e. The third-order valence-corrected chi connectivity index (χ3v) is 2.42. The number of benzene rings is 1. The van der Waals surface area contributed by atoms with Crippen LogP contribution in [0.3, 0.4) is 0 Å². The second-order valence-corrected chi connectivity index (χ2v) is 3.90. The molecule has 0 radical (unpaired) electrons.